The molecule has 43 heavy (non-hydrogen) atoms. The Bertz CT molecular complexity index is 1150. The van der Waals surface area contributed by atoms with Gasteiger partial charge in [0.2, 0.25) is 0 Å². The number of carbonyl (C=O) groups is 2. The molecule has 6 fully saturated rings. The van der Waals surface area contributed by atoms with Crippen LogP contribution in [0.5, 0.6) is 0 Å². The van der Waals surface area contributed by atoms with Gasteiger partial charge in [-0.05, 0) is 111 Å². The van der Waals surface area contributed by atoms with Gasteiger partial charge in [-0.2, -0.15) is 0 Å². The second-order valence-electron chi connectivity index (χ2n) is 17.5. The average Bonchev–Trinajstić information content (AvgIpc) is 3.16. The first-order chi connectivity index (χ1) is 19.8. The highest BCUT2D eigenvalue weighted by Gasteiger charge is 2.85. The van der Waals surface area contributed by atoms with Gasteiger partial charge in [-0.15, -0.1) is 0 Å². The summed E-state index contributed by atoms with van der Waals surface area (Å²) in [5, 5.41) is 42.9. The summed E-state index contributed by atoms with van der Waals surface area (Å²) in [4.78, 5) is 24.7. The molecule has 13 atom stereocenters. The number of rotatable bonds is 7. The van der Waals surface area contributed by atoms with E-state index in [0.717, 1.165) is 44.9 Å². The molecule has 1 aliphatic heterocycles. The summed E-state index contributed by atoms with van der Waals surface area (Å²) < 4.78 is 13.0. The van der Waals surface area contributed by atoms with E-state index in [-0.39, 0.29) is 76.5 Å². The summed E-state index contributed by atoms with van der Waals surface area (Å²) >= 11 is 0. The third-order valence-corrected chi connectivity index (χ3v) is 14.8. The smallest absolute Gasteiger partial charge is 0.308 e. The summed E-state index contributed by atoms with van der Waals surface area (Å²) in [5.74, 6) is -1.48. The summed E-state index contributed by atoms with van der Waals surface area (Å²) in [7, 11) is 0. The van der Waals surface area contributed by atoms with Crippen LogP contribution in [0.2, 0.25) is 0 Å². The monoisotopic (exact) mass is 604 g/mol. The standard InChI is InChI=1S/C35H56O8/c1-19(8-11-26(38)39)29(40)43-22-16-23-33(7)17-20(36)27(21-9-10-25(42-21)31(4,5)41)32(33,6)14-15-34(23)18-35(34)13-12-24(37)30(2,3)28(22)35/h19-25,27-28,36-37,41H,8-18H2,1-7H3,(H,38,39)/t19-,20+,21?,22+,23?,24+,25+,27-,28+,32-,33+,34?,35-/m1/s1. The Morgan fingerprint density at radius 3 is 2.33 bits per heavy atom. The van der Waals surface area contributed by atoms with Gasteiger partial charge in [0.25, 0.3) is 0 Å². The molecule has 0 bridgehead atoms. The van der Waals surface area contributed by atoms with Crippen LogP contribution >= 0.6 is 0 Å². The van der Waals surface area contributed by atoms with E-state index in [1.54, 1.807) is 20.8 Å². The van der Waals surface area contributed by atoms with Crippen LogP contribution in [0.15, 0.2) is 0 Å². The fourth-order valence-corrected chi connectivity index (χ4v) is 12.4. The van der Waals surface area contributed by atoms with Crippen LogP contribution in [0, 0.1) is 50.7 Å². The van der Waals surface area contributed by atoms with E-state index in [1.165, 1.54) is 0 Å². The summed E-state index contributed by atoms with van der Waals surface area (Å²) in [6.45, 7) is 14.4. The van der Waals surface area contributed by atoms with Crippen LogP contribution in [-0.2, 0) is 19.1 Å². The number of hydrogen-bond acceptors (Lipinski definition) is 7. The average molecular weight is 605 g/mol. The zero-order chi connectivity index (χ0) is 31.5. The van der Waals surface area contributed by atoms with Crippen molar-refractivity contribution in [2.24, 2.45) is 50.7 Å². The highest BCUT2D eigenvalue weighted by Crippen LogP contribution is 2.89. The van der Waals surface area contributed by atoms with Crippen LogP contribution in [0.3, 0.4) is 0 Å². The largest absolute Gasteiger partial charge is 0.481 e. The second kappa shape index (κ2) is 9.89. The topological polar surface area (TPSA) is 134 Å². The maximum atomic E-state index is 13.5. The first kappa shape index (κ1) is 31.7. The fourth-order valence-electron chi connectivity index (χ4n) is 12.4. The van der Waals surface area contributed by atoms with Gasteiger partial charge in [0.1, 0.15) is 6.10 Å². The molecule has 0 amide bonds. The lowest BCUT2D eigenvalue weighted by atomic mass is 9.41. The van der Waals surface area contributed by atoms with E-state index in [0.29, 0.717) is 12.8 Å². The molecular weight excluding hydrogens is 548 g/mol. The van der Waals surface area contributed by atoms with E-state index in [2.05, 4.69) is 27.7 Å². The molecular formula is C35H56O8. The fraction of sp³-hybridized carbons (Fsp3) is 0.943. The van der Waals surface area contributed by atoms with E-state index in [4.69, 9.17) is 9.47 Å². The van der Waals surface area contributed by atoms with Gasteiger partial charge in [0, 0.05) is 18.3 Å². The number of fused-ring (bicyclic) bond motifs is 2. The van der Waals surface area contributed by atoms with Crippen molar-refractivity contribution < 1.29 is 39.5 Å². The van der Waals surface area contributed by atoms with Gasteiger partial charge in [-0.3, -0.25) is 9.59 Å². The minimum atomic E-state index is -0.922. The quantitative estimate of drug-likeness (QED) is 0.295. The molecule has 3 unspecified atom stereocenters. The molecule has 0 radical (unpaired) electrons. The number of aliphatic hydroxyl groups is 3. The van der Waals surface area contributed by atoms with Crippen LogP contribution in [0.4, 0.5) is 0 Å². The Balaban J connectivity index is 1.33. The normalized spacial score (nSPS) is 50.6. The summed E-state index contributed by atoms with van der Waals surface area (Å²) in [5.41, 5.74) is -1.57. The van der Waals surface area contributed by atoms with Crippen molar-refractivity contribution in [1.82, 2.24) is 0 Å². The van der Waals surface area contributed by atoms with Gasteiger partial charge in [-0.1, -0.05) is 34.6 Å². The molecule has 0 aromatic heterocycles. The third kappa shape index (κ3) is 4.35. The van der Waals surface area contributed by atoms with Crippen LogP contribution in [0.25, 0.3) is 0 Å². The molecule has 1 saturated heterocycles. The molecule has 8 heteroatoms. The van der Waals surface area contributed by atoms with E-state index >= 15 is 0 Å². The zero-order valence-corrected chi connectivity index (χ0v) is 27.4. The predicted octanol–water partition coefficient (Wildman–Crippen LogP) is 5.10. The molecule has 6 rings (SSSR count). The summed E-state index contributed by atoms with van der Waals surface area (Å²) in [6.07, 6.45) is 6.41. The third-order valence-electron chi connectivity index (χ3n) is 14.8. The minimum Gasteiger partial charge on any atom is -0.481 e. The molecule has 0 aromatic rings. The Labute approximate surface area is 257 Å². The SMILES string of the molecule is C[C@H](CCC(=O)O)C(=O)O[C@H]1CC2C3(CC[C@]4(C)[C@@H](C5CC[C@@H](C(C)(C)O)O5)[C@@H](O)C[C@@]24C)C[C@@]32CC[C@H](O)C(C)(C)[C@H]12. The lowest BCUT2D eigenvalue weighted by Gasteiger charge is -2.64. The summed E-state index contributed by atoms with van der Waals surface area (Å²) in [6, 6.07) is 0. The number of aliphatic hydroxyl groups excluding tert-OH is 2. The number of aliphatic carboxylic acids is 1. The van der Waals surface area contributed by atoms with Crippen molar-refractivity contribution >= 4 is 11.9 Å². The molecule has 8 nitrogen and oxygen atoms in total. The van der Waals surface area contributed by atoms with Gasteiger partial charge in [0.15, 0.2) is 0 Å². The number of ether oxygens (including phenoxy) is 2. The molecule has 1 heterocycles. The van der Waals surface area contributed by atoms with Crippen molar-refractivity contribution in [3.8, 4) is 0 Å². The van der Waals surface area contributed by atoms with Crippen molar-refractivity contribution in [2.75, 3.05) is 0 Å². The number of carbonyl (C=O) groups excluding carboxylic acids is 1. The number of esters is 1. The maximum Gasteiger partial charge on any atom is 0.308 e. The second-order valence-corrected chi connectivity index (χ2v) is 17.5. The Morgan fingerprint density at radius 1 is 1.00 bits per heavy atom. The Morgan fingerprint density at radius 2 is 1.70 bits per heavy atom. The highest BCUT2D eigenvalue weighted by atomic mass is 16.5. The van der Waals surface area contributed by atoms with Gasteiger partial charge in [-0.25, -0.2) is 0 Å². The van der Waals surface area contributed by atoms with Crippen LogP contribution < -0.4 is 0 Å². The predicted molar refractivity (Wildman–Crippen MR) is 160 cm³/mol. The van der Waals surface area contributed by atoms with Gasteiger partial charge < -0.3 is 29.9 Å². The Kier molecular flexibility index (Phi) is 7.30. The van der Waals surface area contributed by atoms with Crippen LogP contribution in [-0.4, -0.2) is 68.5 Å². The van der Waals surface area contributed by atoms with Crippen molar-refractivity contribution in [3.63, 3.8) is 0 Å². The number of hydrogen-bond donors (Lipinski definition) is 4. The molecule has 4 N–H and O–H groups in total. The molecule has 5 aliphatic carbocycles. The lowest BCUT2D eigenvalue weighted by Crippen LogP contribution is -2.62. The van der Waals surface area contributed by atoms with E-state index in [1.807, 2.05) is 0 Å². The number of carboxylic acids is 1. The van der Waals surface area contributed by atoms with Gasteiger partial charge >= 0.3 is 11.9 Å². The first-order valence-corrected chi connectivity index (χ1v) is 17.0. The maximum absolute atomic E-state index is 13.5. The van der Waals surface area contributed by atoms with Crippen molar-refractivity contribution in [2.45, 2.75) is 155 Å². The molecule has 5 saturated carbocycles. The molecule has 2 spiro atoms. The van der Waals surface area contributed by atoms with E-state index < -0.39 is 35.1 Å². The Hall–Kier alpha value is -1.22. The van der Waals surface area contributed by atoms with Gasteiger partial charge in [0.05, 0.1) is 35.9 Å². The molecule has 244 valence electrons. The van der Waals surface area contributed by atoms with Crippen molar-refractivity contribution in [1.29, 1.82) is 0 Å². The molecule has 6 aliphatic rings. The molecule has 0 aromatic carbocycles. The van der Waals surface area contributed by atoms with E-state index in [9.17, 15) is 30.0 Å². The minimum absolute atomic E-state index is 0.00284. The highest BCUT2D eigenvalue weighted by molar-refractivity contribution is 5.74. The first-order valence-electron chi connectivity index (χ1n) is 17.0. The zero-order valence-electron chi connectivity index (χ0n) is 27.4. The number of carboxylic acid groups (broad SMARTS) is 1. The van der Waals surface area contributed by atoms with Crippen LogP contribution in [0.1, 0.15) is 119 Å². The lowest BCUT2D eigenvalue weighted by molar-refractivity contribution is -0.215. The van der Waals surface area contributed by atoms with Crippen molar-refractivity contribution in [3.05, 3.63) is 0 Å².